The molecule has 0 bridgehead atoms. The number of nitrogens with one attached hydrogen (secondary N) is 2. The first-order valence-electron chi connectivity index (χ1n) is 9.78. The van der Waals surface area contributed by atoms with Crippen LogP contribution in [0.1, 0.15) is 30.1 Å². The second kappa shape index (κ2) is 11.2. The zero-order chi connectivity index (χ0) is 22.1. The number of unbranched alkanes of at least 4 members (excludes halogenated alkanes) is 1. The topological polar surface area (TPSA) is 116 Å². The minimum atomic E-state index is -0.669. The van der Waals surface area contributed by atoms with Crippen molar-refractivity contribution in [2.45, 2.75) is 24.8 Å². The van der Waals surface area contributed by atoms with E-state index in [4.69, 9.17) is 14.2 Å². The Balaban J connectivity index is 1.51. The summed E-state index contributed by atoms with van der Waals surface area (Å²) in [5.74, 6) is -0.0740. The monoisotopic (exact) mass is 445 g/mol. The van der Waals surface area contributed by atoms with E-state index in [0.717, 1.165) is 24.6 Å². The number of anilines is 1. The van der Waals surface area contributed by atoms with Gasteiger partial charge in [-0.1, -0.05) is 25.1 Å². The van der Waals surface area contributed by atoms with Crippen molar-refractivity contribution in [3.63, 3.8) is 0 Å². The Labute approximate surface area is 183 Å². The number of thioether (sulfide) groups is 1. The van der Waals surface area contributed by atoms with Gasteiger partial charge in [0, 0.05) is 24.5 Å². The highest BCUT2D eigenvalue weighted by atomic mass is 32.2. The largest absolute Gasteiger partial charge is 0.454 e. The summed E-state index contributed by atoms with van der Waals surface area (Å²) in [5, 5.41) is 5.79. The number of ether oxygens (including phenoxy) is 3. The molecule has 0 radical (unpaired) electrons. The maximum absolute atomic E-state index is 12.4. The quantitative estimate of drug-likeness (QED) is 0.326. The second-order valence-electron chi connectivity index (χ2n) is 6.54. The number of esters is 1. The summed E-state index contributed by atoms with van der Waals surface area (Å²) in [6.07, 6.45) is 3.34. The van der Waals surface area contributed by atoms with Gasteiger partial charge in [-0.3, -0.25) is 9.59 Å². The van der Waals surface area contributed by atoms with Crippen molar-refractivity contribution in [2.75, 3.05) is 31.0 Å². The van der Waals surface area contributed by atoms with E-state index in [-0.39, 0.29) is 36.5 Å². The molecular weight excluding hydrogens is 422 g/mol. The number of pyridine rings is 1. The van der Waals surface area contributed by atoms with E-state index in [2.05, 4.69) is 15.6 Å². The van der Waals surface area contributed by atoms with Crippen molar-refractivity contribution < 1.29 is 28.6 Å². The maximum Gasteiger partial charge on any atom is 0.341 e. The molecule has 3 rings (SSSR count). The van der Waals surface area contributed by atoms with Crippen LogP contribution in [0.3, 0.4) is 0 Å². The smallest absolute Gasteiger partial charge is 0.341 e. The lowest BCUT2D eigenvalue weighted by Crippen LogP contribution is -2.29. The first-order valence-corrected chi connectivity index (χ1v) is 10.8. The van der Waals surface area contributed by atoms with Gasteiger partial charge in [-0.25, -0.2) is 9.78 Å². The van der Waals surface area contributed by atoms with Gasteiger partial charge in [-0.05, 0) is 30.7 Å². The highest BCUT2D eigenvalue weighted by Gasteiger charge is 2.18. The molecule has 10 heteroatoms. The first-order chi connectivity index (χ1) is 15.1. The van der Waals surface area contributed by atoms with E-state index in [1.54, 1.807) is 30.3 Å². The van der Waals surface area contributed by atoms with Crippen LogP contribution in [-0.2, 0) is 14.3 Å². The fourth-order valence-electron chi connectivity index (χ4n) is 2.63. The molecule has 2 aromatic rings. The molecule has 0 saturated carbocycles. The predicted molar refractivity (Wildman–Crippen MR) is 114 cm³/mol. The molecule has 1 aliphatic heterocycles. The van der Waals surface area contributed by atoms with Crippen molar-refractivity contribution >= 4 is 35.2 Å². The van der Waals surface area contributed by atoms with Gasteiger partial charge in [0.05, 0.1) is 11.3 Å². The number of benzene rings is 1. The van der Waals surface area contributed by atoms with Crippen LogP contribution in [0.15, 0.2) is 41.6 Å². The zero-order valence-corrected chi connectivity index (χ0v) is 17.8. The predicted octanol–water partition coefficient (Wildman–Crippen LogP) is 2.61. The van der Waals surface area contributed by atoms with Gasteiger partial charge in [0.15, 0.2) is 18.1 Å². The van der Waals surface area contributed by atoms with Crippen molar-refractivity contribution in [2.24, 2.45) is 0 Å². The number of rotatable bonds is 10. The van der Waals surface area contributed by atoms with Crippen molar-refractivity contribution in [3.05, 3.63) is 42.1 Å². The molecule has 0 saturated heterocycles. The van der Waals surface area contributed by atoms with Gasteiger partial charge in [0.1, 0.15) is 5.03 Å². The van der Waals surface area contributed by atoms with Gasteiger partial charge < -0.3 is 24.8 Å². The Bertz CT molecular complexity index is 952. The minimum absolute atomic E-state index is 0.0310. The summed E-state index contributed by atoms with van der Waals surface area (Å²) < 4.78 is 15.6. The van der Waals surface area contributed by atoms with E-state index < -0.39 is 5.97 Å². The Hall–Kier alpha value is -3.27. The fourth-order valence-corrected chi connectivity index (χ4v) is 3.41. The Morgan fingerprint density at radius 3 is 2.84 bits per heavy atom. The zero-order valence-electron chi connectivity index (χ0n) is 17.0. The van der Waals surface area contributed by atoms with Crippen LogP contribution in [0.2, 0.25) is 0 Å². The molecule has 0 unspecified atom stereocenters. The Morgan fingerprint density at radius 1 is 1.16 bits per heavy atom. The normalized spacial score (nSPS) is 11.6. The van der Waals surface area contributed by atoms with Crippen LogP contribution >= 0.6 is 11.8 Å². The molecule has 0 aliphatic carbocycles. The van der Waals surface area contributed by atoms with E-state index in [1.807, 2.05) is 6.92 Å². The molecule has 1 aromatic heterocycles. The van der Waals surface area contributed by atoms with Crippen LogP contribution in [0.4, 0.5) is 5.69 Å². The third kappa shape index (κ3) is 6.61. The van der Waals surface area contributed by atoms with E-state index >= 15 is 0 Å². The van der Waals surface area contributed by atoms with Gasteiger partial charge >= 0.3 is 5.97 Å². The van der Waals surface area contributed by atoms with Crippen LogP contribution < -0.4 is 20.1 Å². The minimum Gasteiger partial charge on any atom is -0.454 e. The lowest BCUT2D eigenvalue weighted by atomic mass is 10.3. The van der Waals surface area contributed by atoms with Crippen LogP contribution in [0.25, 0.3) is 0 Å². The van der Waals surface area contributed by atoms with E-state index in [1.165, 1.54) is 6.20 Å². The summed E-state index contributed by atoms with van der Waals surface area (Å²) in [7, 11) is 0. The summed E-state index contributed by atoms with van der Waals surface area (Å²) in [4.78, 5) is 40.5. The molecule has 2 heterocycles. The number of aromatic nitrogens is 1. The summed E-state index contributed by atoms with van der Waals surface area (Å²) in [6, 6.07) is 8.25. The molecule has 1 aromatic carbocycles. The lowest BCUT2D eigenvalue weighted by molar-refractivity contribution is -0.124. The second-order valence-corrected chi connectivity index (χ2v) is 7.50. The van der Waals surface area contributed by atoms with Gasteiger partial charge in [-0.15, -0.1) is 0 Å². The summed E-state index contributed by atoms with van der Waals surface area (Å²) >= 11 is 1.10. The van der Waals surface area contributed by atoms with Gasteiger partial charge in [0.2, 0.25) is 12.7 Å². The van der Waals surface area contributed by atoms with Crippen LogP contribution in [0.5, 0.6) is 11.5 Å². The van der Waals surface area contributed by atoms with E-state index in [0.29, 0.717) is 28.8 Å². The molecule has 9 nitrogen and oxygen atoms in total. The van der Waals surface area contributed by atoms with E-state index in [9.17, 15) is 14.4 Å². The number of carbonyl (C=O) groups excluding carboxylic acids is 3. The number of nitrogens with zero attached hydrogens (tertiary/aromatic N) is 1. The van der Waals surface area contributed by atoms with Crippen LogP contribution in [0, 0.1) is 0 Å². The average Bonchev–Trinajstić information content (AvgIpc) is 3.24. The molecular formula is C21H23N3O6S. The standard InChI is InChI=1S/C21H23N3O6S/c1-2-3-8-22-18(25)11-28-21(27)15-5-4-9-23-20(15)31-12-19(26)24-14-6-7-16-17(10-14)30-13-29-16/h4-7,9-10H,2-3,8,11-13H2,1H3,(H,22,25)(H,24,26). The molecule has 1 aliphatic rings. The van der Waals surface area contributed by atoms with Crippen molar-refractivity contribution in [3.8, 4) is 11.5 Å². The molecule has 0 fully saturated rings. The summed E-state index contributed by atoms with van der Waals surface area (Å²) in [6.45, 7) is 2.34. The molecule has 2 amide bonds. The first kappa shape index (κ1) is 22.4. The maximum atomic E-state index is 12.4. The third-order valence-corrected chi connectivity index (χ3v) is 5.18. The fraction of sp³-hybridized carbons (Fsp3) is 0.333. The third-order valence-electron chi connectivity index (χ3n) is 4.17. The average molecular weight is 445 g/mol. The number of hydrogen-bond acceptors (Lipinski definition) is 8. The Morgan fingerprint density at radius 2 is 2.00 bits per heavy atom. The number of hydrogen-bond donors (Lipinski definition) is 2. The molecule has 0 spiro atoms. The molecule has 31 heavy (non-hydrogen) atoms. The van der Waals surface area contributed by atoms with Crippen molar-refractivity contribution in [1.29, 1.82) is 0 Å². The van der Waals surface area contributed by atoms with Gasteiger partial charge in [-0.2, -0.15) is 0 Å². The summed E-state index contributed by atoms with van der Waals surface area (Å²) in [5.41, 5.74) is 0.773. The van der Waals surface area contributed by atoms with Crippen molar-refractivity contribution in [1.82, 2.24) is 10.3 Å². The molecule has 0 atom stereocenters. The lowest BCUT2D eigenvalue weighted by Gasteiger charge is -2.09. The Kier molecular flexibility index (Phi) is 8.11. The molecule has 2 N–H and O–H groups in total. The number of carbonyl (C=O) groups is 3. The molecule has 164 valence electrons. The highest BCUT2D eigenvalue weighted by Crippen LogP contribution is 2.34. The SMILES string of the molecule is CCCCNC(=O)COC(=O)c1cccnc1SCC(=O)Nc1ccc2c(c1)OCO2. The van der Waals surface area contributed by atoms with Crippen LogP contribution in [-0.4, -0.2) is 48.5 Å². The number of amides is 2. The van der Waals surface area contributed by atoms with Gasteiger partial charge in [0.25, 0.3) is 5.91 Å². The number of fused-ring (bicyclic) bond motifs is 1. The highest BCUT2D eigenvalue weighted by molar-refractivity contribution is 8.00.